The Kier molecular flexibility index (Phi) is 8.99. The Labute approximate surface area is 258 Å². The van der Waals surface area contributed by atoms with Gasteiger partial charge in [0.15, 0.2) is 0 Å². The smallest absolute Gasteiger partial charge is 0.271 e. The largest absolute Gasteiger partial charge is 0.487 e. The molecule has 0 saturated heterocycles. The van der Waals surface area contributed by atoms with Crippen molar-refractivity contribution < 1.29 is 9.53 Å². The van der Waals surface area contributed by atoms with Gasteiger partial charge in [-0.3, -0.25) is 4.79 Å². The van der Waals surface area contributed by atoms with Crippen molar-refractivity contribution in [1.29, 1.82) is 0 Å². The van der Waals surface area contributed by atoms with Crippen molar-refractivity contribution in [3.63, 3.8) is 0 Å². The average molecular weight is 722 g/mol. The first-order valence-electron chi connectivity index (χ1n) is 12.4. The van der Waals surface area contributed by atoms with Crippen LogP contribution in [0, 0.1) is 6.92 Å². The first-order valence-corrected chi connectivity index (χ1v) is 14.8. The third-order valence-corrected chi connectivity index (χ3v) is 7.94. The summed E-state index contributed by atoms with van der Waals surface area (Å²) in [5.41, 5.74) is 9.32. The van der Waals surface area contributed by atoms with Crippen molar-refractivity contribution in [2.75, 3.05) is 0 Å². The fraction of sp³-hybridized carbons (Fsp3) is 0.0625. The van der Waals surface area contributed by atoms with E-state index in [2.05, 4.69) is 94.1 Å². The number of rotatable bonds is 8. The first kappa shape index (κ1) is 28.1. The summed E-state index contributed by atoms with van der Waals surface area (Å²) in [5, 5.41) is 4.16. The highest BCUT2D eigenvalue weighted by Crippen LogP contribution is 2.35. The van der Waals surface area contributed by atoms with Gasteiger partial charge in [0.2, 0.25) is 0 Å². The lowest BCUT2D eigenvalue weighted by Gasteiger charge is -2.13. The topological polar surface area (TPSA) is 55.6 Å². The second-order valence-electron chi connectivity index (χ2n) is 9.04. The number of nitrogens with zero attached hydrogens (tertiary/aromatic N) is 2. The first-order chi connectivity index (χ1) is 19.4. The molecule has 0 aliphatic rings. The molecule has 0 radical (unpaired) electrons. The third kappa shape index (κ3) is 6.63. The summed E-state index contributed by atoms with van der Waals surface area (Å²) in [4.78, 5) is 12.7. The lowest BCUT2D eigenvalue weighted by atomic mass is 10.1. The average Bonchev–Trinajstić information content (AvgIpc) is 3.35. The summed E-state index contributed by atoms with van der Waals surface area (Å²) in [6.45, 7) is 2.50. The molecule has 200 valence electrons. The van der Waals surface area contributed by atoms with Crippen LogP contribution in [0.2, 0.25) is 0 Å². The van der Waals surface area contributed by atoms with Crippen LogP contribution in [0.5, 0.6) is 5.75 Å². The van der Waals surface area contributed by atoms with Crippen molar-refractivity contribution in [2.45, 2.75) is 13.5 Å². The Morgan fingerprint density at radius 3 is 2.23 bits per heavy atom. The maximum Gasteiger partial charge on any atom is 0.271 e. The lowest BCUT2D eigenvalue weighted by Crippen LogP contribution is -2.17. The van der Waals surface area contributed by atoms with Gasteiger partial charge in [-0.1, -0.05) is 58.4 Å². The molecule has 0 unspecified atom stereocenters. The van der Waals surface area contributed by atoms with E-state index < -0.39 is 0 Å². The summed E-state index contributed by atoms with van der Waals surface area (Å²) >= 11 is 10.6. The molecule has 40 heavy (non-hydrogen) atoms. The highest BCUT2D eigenvalue weighted by molar-refractivity contribution is 9.11. The van der Waals surface area contributed by atoms with Gasteiger partial charge in [0.1, 0.15) is 12.4 Å². The van der Waals surface area contributed by atoms with E-state index >= 15 is 0 Å². The van der Waals surface area contributed by atoms with Crippen molar-refractivity contribution in [3.8, 4) is 22.7 Å². The minimum Gasteiger partial charge on any atom is -0.487 e. The zero-order valence-corrected chi connectivity index (χ0v) is 26.2. The number of hydrogen-bond donors (Lipinski definition) is 1. The number of carbonyl (C=O) groups is 1. The monoisotopic (exact) mass is 719 g/mol. The molecule has 0 atom stereocenters. The summed E-state index contributed by atoms with van der Waals surface area (Å²) in [5.74, 6) is 0.403. The number of nitrogens with one attached hydrogen (secondary N) is 1. The molecule has 0 fully saturated rings. The maximum atomic E-state index is 12.7. The van der Waals surface area contributed by atoms with Gasteiger partial charge in [0.05, 0.1) is 20.9 Å². The molecule has 1 amide bonds. The van der Waals surface area contributed by atoms with Crippen LogP contribution in [0.1, 0.15) is 27.2 Å². The molecular formula is C32H24Br3N3O2. The van der Waals surface area contributed by atoms with Crippen LogP contribution in [0.15, 0.2) is 122 Å². The van der Waals surface area contributed by atoms with Gasteiger partial charge in [-0.05, 0) is 116 Å². The summed E-state index contributed by atoms with van der Waals surface area (Å²) in [6, 6.07) is 33.7. The SMILES string of the molecule is Cc1ccc(-c2ccccc2)n1-c1ccc(C(=O)N/N=C/c2cc(Br)c(OCc3ccc(Br)cc3)c(Br)c2)cc1. The van der Waals surface area contributed by atoms with Crippen LogP contribution in [0.4, 0.5) is 0 Å². The van der Waals surface area contributed by atoms with E-state index in [0.717, 1.165) is 47.2 Å². The van der Waals surface area contributed by atoms with Gasteiger partial charge in [0, 0.05) is 21.4 Å². The van der Waals surface area contributed by atoms with Crippen LogP contribution in [-0.2, 0) is 6.61 Å². The number of halogens is 3. The van der Waals surface area contributed by atoms with Gasteiger partial charge in [-0.25, -0.2) is 5.43 Å². The van der Waals surface area contributed by atoms with Gasteiger partial charge in [-0.2, -0.15) is 5.10 Å². The number of ether oxygens (including phenoxy) is 1. The highest BCUT2D eigenvalue weighted by atomic mass is 79.9. The number of aryl methyl sites for hydroxylation is 1. The van der Waals surface area contributed by atoms with E-state index in [4.69, 9.17) is 4.74 Å². The normalized spacial score (nSPS) is 11.1. The van der Waals surface area contributed by atoms with Crippen LogP contribution < -0.4 is 10.2 Å². The van der Waals surface area contributed by atoms with E-state index in [9.17, 15) is 4.79 Å². The third-order valence-electron chi connectivity index (χ3n) is 6.23. The number of amides is 1. The quantitative estimate of drug-likeness (QED) is 0.128. The van der Waals surface area contributed by atoms with E-state index in [1.54, 1.807) is 18.3 Å². The zero-order valence-electron chi connectivity index (χ0n) is 21.4. The Bertz CT molecular complexity index is 1640. The highest BCUT2D eigenvalue weighted by Gasteiger charge is 2.12. The molecule has 1 heterocycles. The summed E-state index contributed by atoms with van der Waals surface area (Å²) in [7, 11) is 0. The second-order valence-corrected chi connectivity index (χ2v) is 11.7. The number of hydrogen-bond acceptors (Lipinski definition) is 3. The van der Waals surface area contributed by atoms with Gasteiger partial charge in [-0.15, -0.1) is 0 Å². The molecule has 5 rings (SSSR count). The van der Waals surface area contributed by atoms with E-state index in [1.807, 2.05) is 66.7 Å². The van der Waals surface area contributed by atoms with Gasteiger partial charge in [0.25, 0.3) is 5.91 Å². The predicted molar refractivity (Wildman–Crippen MR) is 171 cm³/mol. The van der Waals surface area contributed by atoms with Crippen molar-refractivity contribution in [3.05, 3.63) is 139 Å². The molecule has 8 heteroatoms. The number of aromatic nitrogens is 1. The summed E-state index contributed by atoms with van der Waals surface area (Å²) < 4.78 is 10.8. The number of hydrazone groups is 1. The summed E-state index contributed by atoms with van der Waals surface area (Å²) in [6.07, 6.45) is 1.59. The Morgan fingerprint density at radius 1 is 0.875 bits per heavy atom. The predicted octanol–water partition coefficient (Wildman–Crippen LogP) is 9.08. The van der Waals surface area contributed by atoms with E-state index in [0.29, 0.717) is 17.9 Å². The van der Waals surface area contributed by atoms with Crippen LogP contribution in [-0.4, -0.2) is 16.7 Å². The van der Waals surface area contributed by atoms with E-state index in [-0.39, 0.29) is 5.91 Å². The molecule has 0 spiro atoms. The molecular weight excluding hydrogens is 698 g/mol. The number of carbonyl (C=O) groups excluding carboxylic acids is 1. The van der Waals surface area contributed by atoms with Crippen LogP contribution in [0.25, 0.3) is 16.9 Å². The van der Waals surface area contributed by atoms with Crippen molar-refractivity contribution in [1.82, 2.24) is 9.99 Å². The maximum absolute atomic E-state index is 12.7. The second kappa shape index (κ2) is 12.8. The minimum atomic E-state index is -0.289. The van der Waals surface area contributed by atoms with Crippen LogP contribution >= 0.6 is 47.8 Å². The van der Waals surface area contributed by atoms with Gasteiger partial charge < -0.3 is 9.30 Å². The molecule has 5 nitrogen and oxygen atoms in total. The van der Waals surface area contributed by atoms with Crippen molar-refractivity contribution >= 4 is 59.9 Å². The fourth-order valence-electron chi connectivity index (χ4n) is 4.24. The Balaban J connectivity index is 1.23. The Hall–Kier alpha value is -3.46. The Morgan fingerprint density at radius 2 is 1.55 bits per heavy atom. The fourth-order valence-corrected chi connectivity index (χ4v) is 5.95. The molecule has 0 bridgehead atoms. The van der Waals surface area contributed by atoms with Crippen molar-refractivity contribution in [2.24, 2.45) is 5.10 Å². The van der Waals surface area contributed by atoms with Crippen LogP contribution in [0.3, 0.4) is 0 Å². The molecule has 0 aliphatic carbocycles. The standard InChI is InChI=1S/C32H24Br3N3O2/c1-21-7-16-30(24-5-3-2-4-6-24)38(21)27-14-10-25(11-15-27)32(39)37-36-19-23-17-28(34)31(29(35)18-23)40-20-22-8-12-26(33)13-9-22/h2-19H,20H2,1H3,(H,37,39)/b36-19+. The number of benzene rings is 4. The minimum absolute atomic E-state index is 0.289. The lowest BCUT2D eigenvalue weighted by molar-refractivity contribution is 0.0955. The zero-order chi connectivity index (χ0) is 28.1. The molecule has 1 aromatic heterocycles. The molecule has 5 aromatic rings. The molecule has 0 aliphatic heterocycles. The molecule has 4 aromatic carbocycles. The molecule has 1 N–H and O–H groups in total. The van der Waals surface area contributed by atoms with E-state index in [1.165, 1.54) is 0 Å². The van der Waals surface area contributed by atoms with Gasteiger partial charge >= 0.3 is 0 Å². The molecule has 0 saturated carbocycles.